The fourth-order valence-corrected chi connectivity index (χ4v) is 2.82. The van der Waals surface area contributed by atoms with Crippen molar-refractivity contribution in [1.29, 1.82) is 0 Å². The quantitative estimate of drug-likeness (QED) is 0.845. The molecule has 1 aliphatic heterocycles. The molecular weight excluding hydrogens is 339 g/mol. The molecule has 0 saturated carbocycles. The molecule has 9 heteroatoms. The Hall–Kier alpha value is -2.58. The van der Waals surface area contributed by atoms with E-state index >= 15 is 0 Å². The summed E-state index contributed by atoms with van der Waals surface area (Å²) in [6, 6.07) is 4.90. The second-order valence-electron chi connectivity index (χ2n) is 5.84. The van der Waals surface area contributed by atoms with Gasteiger partial charge in [-0.1, -0.05) is 5.16 Å². The molecule has 1 fully saturated rings. The van der Waals surface area contributed by atoms with Crippen LogP contribution in [0.1, 0.15) is 40.8 Å². The molecule has 25 heavy (non-hydrogen) atoms. The first-order chi connectivity index (χ1) is 11.8. The van der Waals surface area contributed by atoms with E-state index in [-0.39, 0.29) is 17.6 Å². The molecule has 3 rings (SSSR count). The van der Waals surface area contributed by atoms with Crippen LogP contribution in [-0.4, -0.2) is 40.4 Å². The van der Waals surface area contributed by atoms with Gasteiger partial charge in [0.1, 0.15) is 5.75 Å². The Kier molecular flexibility index (Phi) is 4.65. The molecule has 6 nitrogen and oxygen atoms in total. The van der Waals surface area contributed by atoms with Crippen molar-refractivity contribution in [3.05, 3.63) is 41.5 Å². The van der Waals surface area contributed by atoms with Crippen LogP contribution < -0.4 is 4.74 Å². The highest BCUT2D eigenvalue weighted by atomic mass is 19.4. The molecule has 0 radical (unpaired) electrons. The number of likely N-dealkylation sites (tertiary alicyclic amines) is 1. The van der Waals surface area contributed by atoms with Crippen molar-refractivity contribution < 1.29 is 27.2 Å². The standard InChI is InChI=1S/C16H16F3N3O3/c1-10-20-14(25-21-10)12-3-2-8-22(9-12)15(23)11-4-6-13(7-5-11)24-16(17,18)19/h4-7,12H,2-3,8-9H2,1H3. The second-order valence-corrected chi connectivity index (χ2v) is 5.84. The zero-order valence-electron chi connectivity index (χ0n) is 13.4. The molecule has 0 bridgehead atoms. The molecule has 0 aliphatic carbocycles. The lowest BCUT2D eigenvalue weighted by molar-refractivity contribution is -0.274. The second kappa shape index (κ2) is 6.73. The van der Waals surface area contributed by atoms with Crippen LogP contribution in [0.5, 0.6) is 5.75 Å². The molecule has 1 aliphatic rings. The first-order valence-electron chi connectivity index (χ1n) is 7.77. The van der Waals surface area contributed by atoms with Crippen molar-refractivity contribution in [3.8, 4) is 5.75 Å². The number of amides is 1. The lowest BCUT2D eigenvalue weighted by Gasteiger charge is -2.31. The number of alkyl halides is 3. The van der Waals surface area contributed by atoms with Crippen LogP contribution >= 0.6 is 0 Å². The number of piperidine rings is 1. The third-order valence-corrected chi connectivity index (χ3v) is 3.94. The van der Waals surface area contributed by atoms with E-state index in [9.17, 15) is 18.0 Å². The molecule has 2 aromatic rings. The number of carbonyl (C=O) groups excluding carboxylic acids is 1. The molecule has 0 N–H and O–H groups in total. The summed E-state index contributed by atoms with van der Waals surface area (Å²) < 4.78 is 45.5. The average molecular weight is 355 g/mol. The van der Waals surface area contributed by atoms with Crippen LogP contribution in [0.4, 0.5) is 13.2 Å². The zero-order valence-corrected chi connectivity index (χ0v) is 13.4. The van der Waals surface area contributed by atoms with Crippen molar-refractivity contribution in [1.82, 2.24) is 15.0 Å². The molecule has 0 spiro atoms. The summed E-state index contributed by atoms with van der Waals surface area (Å²) in [7, 11) is 0. The van der Waals surface area contributed by atoms with Gasteiger partial charge in [-0.15, -0.1) is 13.2 Å². The van der Waals surface area contributed by atoms with E-state index in [0.29, 0.717) is 30.4 Å². The Morgan fingerprint density at radius 2 is 2.04 bits per heavy atom. The number of aryl methyl sites for hydroxylation is 1. The molecule has 1 saturated heterocycles. The van der Waals surface area contributed by atoms with E-state index in [4.69, 9.17) is 4.52 Å². The lowest BCUT2D eigenvalue weighted by Crippen LogP contribution is -2.39. The number of aromatic nitrogens is 2. The number of hydrogen-bond donors (Lipinski definition) is 0. The molecule has 1 unspecified atom stereocenters. The third-order valence-electron chi connectivity index (χ3n) is 3.94. The highest BCUT2D eigenvalue weighted by molar-refractivity contribution is 5.94. The summed E-state index contributed by atoms with van der Waals surface area (Å²) in [5, 5.41) is 3.76. The van der Waals surface area contributed by atoms with Crippen molar-refractivity contribution in [3.63, 3.8) is 0 Å². The topological polar surface area (TPSA) is 68.5 Å². The fourth-order valence-electron chi connectivity index (χ4n) is 2.82. The maximum absolute atomic E-state index is 12.6. The van der Waals surface area contributed by atoms with Gasteiger partial charge in [-0.2, -0.15) is 4.98 Å². The summed E-state index contributed by atoms with van der Waals surface area (Å²) in [5.41, 5.74) is 0.303. The smallest absolute Gasteiger partial charge is 0.406 e. The number of rotatable bonds is 3. The Labute approximate surface area is 141 Å². The minimum atomic E-state index is -4.76. The van der Waals surface area contributed by atoms with Crippen LogP contribution in [0, 0.1) is 6.92 Å². The van der Waals surface area contributed by atoms with Gasteiger partial charge >= 0.3 is 6.36 Å². The van der Waals surface area contributed by atoms with Gasteiger partial charge in [0.2, 0.25) is 5.89 Å². The maximum Gasteiger partial charge on any atom is 0.573 e. The number of ether oxygens (including phenoxy) is 1. The summed E-state index contributed by atoms with van der Waals surface area (Å²) in [6.07, 6.45) is -3.13. The van der Waals surface area contributed by atoms with Gasteiger partial charge in [-0.25, -0.2) is 0 Å². The van der Waals surface area contributed by atoms with Crippen LogP contribution in [0.15, 0.2) is 28.8 Å². The molecular formula is C16H16F3N3O3. The highest BCUT2D eigenvalue weighted by Crippen LogP contribution is 2.27. The number of halogens is 3. The number of nitrogens with zero attached hydrogens (tertiary/aromatic N) is 3. The number of carbonyl (C=O) groups is 1. The highest BCUT2D eigenvalue weighted by Gasteiger charge is 2.31. The van der Waals surface area contributed by atoms with Gasteiger partial charge in [0.15, 0.2) is 5.82 Å². The molecule has 2 heterocycles. The average Bonchev–Trinajstić information content (AvgIpc) is 3.00. The van der Waals surface area contributed by atoms with E-state index < -0.39 is 6.36 Å². The Morgan fingerprint density at radius 1 is 1.32 bits per heavy atom. The minimum Gasteiger partial charge on any atom is -0.406 e. The third kappa shape index (κ3) is 4.28. The van der Waals surface area contributed by atoms with Crippen LogP contribution in [0.3, 0.4) is 0 Å². The Morgan fingerprint density at radius 3 is 2.64 bits per heavy atom. The normalized spacial score (nSPS) is 18.2. The van der Waals surface area contributed by atoms with Gasteiger partial charge in [0.05, 0.1) is 5.92 Å². The van der Waals surface area contributed by atoms with Crippen molar-refractivity contribution >= 4 is 5.91 Å². The van der Waals surface area contributed by atoms with Gasteiger partial charge < -0.3 is 14.2 Å². The van der Waals surface area contributed by atoms with E-state index in [1.165, 1.54) is 12.1 Å². The van der Waals surface area contributed by atoms with Gasteiger partial charge in [-0.05, 0) is 44.0 Å². The fraction of sp³-hybridized carbons (Fsp3) is 0.438. The van der Waals surface area contributed by atoms with E-state index in [0.717, 1.165) is 25.0 Å². The number of hydrogen-bond acceptors (Lipinski definition) is 5. The molecule has 1 aromatic carbocycles. The van der Waals surface area contributed by atoms with Crippen LogP contribution in [0.25, 0.3) is 0 Å². The van der Waals surface area contributed by atoms with Gasteiger partial charge in [0, 0.05) is 18.7 Å². The van der Waals surface area contributed by atoms with Gasteiger partial charge in [0.25, 0.3) is 5.91 Å². The molecule has 1 aromatic heterocycles. The number of benzene rings is 1. The Bertz CT molecular complexity index is 743. The van der Waals surface area contributed by atoms with Crippen LogP contribution in [-0.2, 0) is 0 Å². The van der Waals surface area contributed by atoms with E-state index in [1.54, 1.807) is 11.8 Å². The largest absolute Gasteiger partial charge is 0.573 e. The lowest BCUT2D eigenvalue weighted by atomic mass is 9.97. The zero-order chi connectivity index (χ0) is 18.0. The Balaban J connectivity index is 1.67. The summed E-state index contributed by atoms with van der Waals surface area (Å²) in [5.74, 6) is 0.399. The first kappa shape index (κ1) is 17.2. The molecule has 1 atom stereocenters. The summed E-state index contributed by atoms with van der Waals surface area (Å²) in [4.78, 5) is 18.4. The van der Waals surface area contributed by atoms with Crippen molar-refractivity contribution in [2.24, 2.45) is 0 Å². The predicted octanol–water partition coefficient (Wildman–Crippen LogP) is 3.30. The predicted molar refractivity (Wildman–Crippen MR) is 80.0 cm³/mol. The van der Waals surface area contributed by atoms with Crippen molar-refractivity contribution in [2.45, 2.75) is 32.0 Å². The first-order valence-corrected chi connectivity index (χ1v) is 7.77. The monoisotopic (exact) mass is 355 g/mol. The van der Waals surface area contributed by atoms with Crippen LogP contribution in [0.2, 0.25) is 0 Å². The van der Waals surface area contributed by atoms with E-state index in [1.807, 2.05) is 0 Å². The van der Waals surface area contributed by atoms with Crippen molar-refractivity contribution in [2.75, 3.05) is 13.1 Å². The maximum atomic E-state index is 12.6. The SMILES string of the molecule is Cc1noc(C2CCCN(C(=O)c3ccc(OC(F)(F)F)cc3)C2)n1. The molecule has 1 amide bonds. The summed E-state index contributed by atoms with van der Waals surface area (Å²) >= 11 is 0. The summed E-state index contributed by atoms with van der Waals surface area (Å²) in [6.45, 7) is 2.73. The van der Waals surface area contributed by atoms with E-state index in [2.05, 4.69) is 14.9 Å². The van der Waals surface area contributed by atoms with Gasteiger partial charge in [-0.3, -0.25) is 4.79 Å². The minimum absolute atomic E-state index is 0.0354. The molecule has 134 valence electrons.